The highest BCUT2D eigenvalue weighted by atomic mass is 19.1. The number of fused-ring (bicyclic) bond motifs is 3. The highest BCUT2D eigenvalue weighted by Crippen LogP contribution is 2.34. The SMILES string of the molecule is CN1[C@@H]2CC[C@H]1CC(NC(=O)c1n[nH]c3ccc(NC(=O)Nc4ccc(F)cc4)cc13)C2. The number of nitrogens with one attached hydrogen (secondary N) is 4. The van der Waals surface area contributed by atoms with Crippen LogP contribution in [0.1, 0.15) is 36.2 Å². The second-order valence-corrected chi connectivity index (χ2v) is 8.61. The number of amides is 3. The van der Waals surface area contributed by atoms with E-state index in [1.165, 1.54) is 37.1 Å². The number of aromatic amines is 1. The van der Waals surface area contributed by atoms with Gasteiger partial charge < -0.3 is 20.9 Å². The maximum absolute atomic E-state index is 13.0. The molecule has 0 radical (unpaired) electrons. The van der Waals surface area contributed by atoms with E-state index in [1.54, 1.807) is 18.2 Å². The Balaban J connectivity index is 1.27. The lowest BCUT2D eigenvalue weighted by Gasteiger charge is -2.36. The summed E-state index contributed by atoms with van der Waals surface area (Å²) in [6.45, 7) is 0. The topological polar surface area (TPSA) is 102 Å². The first kappa shape index (κ1) is 20.4. The van der Waals surface area contributed by atoms with Crippen molar-refractivity contribution in [2.45, 2.75) is 43.8 Å². The molecule has 3 amide bonds. The Labute approximate surface area is 184 Å². The standard InChI is InChI=1S/C23H25FN6O2/c1-30-17-7-8-18(30)11-16(10-17)25-22(31)21-19-12-15(6-9-20(19)28-29-21)27-23(32)26-14-4-2-13(24)3-5-14/h2-6,9,12,16-18H,7-8,10-11H2,1H3,(H,25,31)(H,28,29)(H2,26,27,32)/t16?,17-,18+. The van der Waals surface area contributed by atoms with Gasteiger partial charge in [0.25, 0.3) is 5.91 Å². The molecule has 9 heteroatoms. The fraction of sp³-hybridized carbons (Fsp3) is 0.348. The molecule has 3 heterocycles. The molecule has 32 heavy (non-hydrogen) atoms. The number of rotatable bonds is 4. The average molecular weight is 436 g/mol. The van der Waals surface area contributed by atoms with Gasteiger partial charge in [0.2, 0.25) is 0 Å². The van der Waals surface area contributed by atoms with E-state index in [0.717, 1.165) is 12.8 Å². The second kappa shape index (κ2) is 8.23. The molecular formula is C23H25FN6O2. The van der Waals surface area contributed by atoms with Gasteiger partial charge in [-0.25, -0.2) is 9.18 Å². The molecular weight excluding hydrogens is 411 g/mol. The van der Waals surface area contributed by atoms with Crippen LogP contribution in [0.2, 0.25) is 0 Å². The monoisotopic (exact) mass is 436 g/mol. The van der Waals surface area contributed by atoms with Crippen molar-refractivity contribution in [3.05, 3.63) is 54.0 Å². The molecule has 2 aliphatic rings. The number of benzene rings is 2. The highest BCUT2D eigenvalue weighted by molar-refractivity contribution is 6.07. The molecule has 2 bridgehead atoms. The van der Waals surface area contributed by atoms with Crippen LogP contribution in [0.25, 0.3) is 10.9 Å². The molecule has 8 nitrogen and oxygen atoms in total. The Hall–Kier alpha value is -3.46. The van der Waals surface area contributed by atoms with Gasteiger partial charge >= 0.3 is 6.03 Å². The van der Waals surface area contributed by atoms with Crippen molar-refractivity contribution >= 4 is 34.2 Å². The van der Waals surface area contributed by atoms with Crippen LogP contribution in [0.15, 0.2) is 42.5 Å². The first-order valence-electron chi connectivity index (χ1n) is 10.8. The average Bonchev–Trinajstić information content (AvgIpc) is 3.26. The van der Waals surface area contributed by atoms with E-state index in [4.69, 9.17) is 0 Å². The van der Waals surface area contributed by atoms with Gasteiger partial charge in [-0.05, 0) is 75.2 Å². The van der Waals surface area contributed by atoms with Gasteiger partial charge in [-0.1, -0.05) is 0 Å². The van der Waals surface area contributed by atoms with E-state index in [2.05, 4.69) is 38.1 Å². The van der Waals surface area contributed by atoms with Crippen molar-refractivity contribution in [3.63, 3.8) is 0 Å². The van der Waals surface area contributed by atoms with Crippen LogP contribution >= 0.6 is 0 Å². The van der Waals surface area contributed by atoms with Gasteiger partial charge in [-0.15, -0.1) is 0 Å². The minimum atomic E-state index is -0.466. The van der Waals surface area contributed by atoms with Crippen molar-refractivity contribution in [2.24, 2.45) is 0 Å². The number of carbonyl (C=O) groups is 2. The summed E-state index contributed by atoms with van der Waals surface area (Å²) in [5, 5.41) is 16.3. The van der Waals surface area contributed by atoms with E-state index < -0.39 is 6.03 Å². The molecule has 0 spiro atoms. The summed E-state index contributed by atoms with van der Waals surface area (Å²) in [4.78, 5) is 27.7. The van der Waals surface area contributed by atoms with Gasteiger partial charge in [0.05, 0.1) is 5.52 Å². The summed E-state index contributed by atoms with van der Waals surface area (Å²) in [5.41, 5.74) is 2.02. The molecule has 1 aromatic heterocycles. The van der Waals surface area contributed by atoms with Gasteiger partial charge in [-0.3, -0.25) is 9.89 Å². The summed E-state index contributed by atoms with van der Waals surface area (Å²) in [7, 11) is 2.17. The Morgan fingerprint density at radius 3 is 2.41 bits per heavy atom. The molecule has 2 aromatic carbocycles. The first-order chi connectivity index (χ1) is 15.5. The third-order valence-corrected chi connectivity index (χ3v) is 6.57. The van der Waals surface area contributed by atoms with Gasteiger partial charge in [-0.2, -0.15) is 5.10 Å². The number of urea groups is 1. The summed E-state index contributed by atoms with van der Waals surface area (Å²) < 4.78 is 13.0. The van der Waals surface area contributed by atoms with E-state index in [-0.39, 0.29) is 17.8 Å². The van der Waals surface area contributed by atoms with Crippen LogP contribution < -0.4 is 16.0 Å². The van der Waals surface area contributed by atoms with Gasteiger partial charge in [0.1, 0.15) is 5.82 Å². The lowest BCUT2D eigenvalue weighted by atomic mass is 9.98. The van der Waals surface area contributed by atoms with Crippen molar-refractivity contribution in [2.75, 3.05) is 17.7 Å². The van der Waals surface area contributed by atoms with Crippen LogP contribution in [0.3, 0.4) is 0 Å². The largest absolute Gasteiger partial charge is 0.348 e. The Morgan fingerprint density at radius 2 is 1.69 bits per heavy atom. The molecule has 0 aliphatic carbocycles. The number of aromatic nitrogens is 2. The van der Waals surface area contributed by atoms with Crippen LogP contribution in [0, 0.1) is 5.82 Å². The zero-order valence-electron chi connectivity index (χ0n) is 17.7. The fourth-order valence-corrected chi connectivity index (χ4v) is 4.87. The molecule has 2 saturated heterocycles. The van der Waals surface area contributed by atoms with Gasteiger partial charge in [0, 0.05) is 34.9 Å². The zero-order chi connectivity index (χ0) is 22.2. The quantitative estimate of drug-likeness (QED) is 0.501. The minimum Gasteiger partial charge on any atom is -0.348 e. The summed E-state index contributed by atoms with van der Waals surface area (Å²) in [6, 6.07) is 11.5. The predicted molar refractivity (Wildman–Crippen MR) is 120 cm³/mol. The van der Waals surface area contributed by atoms with Crippen molar-refractivity contribution in [1.29, 1.82) is 0 Å². The smallest absolute Gasteiger partial charge is 0.323 e. The number of halogens is 1. The van der Waals surface area contributed by atoms with E-state index in [0.29, 0.717) is 40.1 Å². The fourth-order valence-electron chi connectivity index (χ4n) is 4.87. The molecule has 5 rings (SSSR count). The van der Waals surface area contributed by atoms with Crippen molar-refractivity contribution in [3.8, 4) is 0 Å². The Kier molecular flexibility index (Phi) is 5.26. The van der Waals surface area contributed by atoms with Crippen LogP contribution in [-0.2, 0) is 0 Å². The minimum absolute atomic E-state index is 0.144. The number of carbonyl (C=O) groups excluding carboxylic acids is 2. The lowest BCUT2D eigenvalue weighted by molar-refractivity contribution is 0.0879. The summed E-state index contributed by atoms with van der Waals surface area (Å²) in [5.74, 6) is -0.585. The summed E-state index contributed by atoms with van der Waals surface area (Å²) in [6.07, 6.45) is 4.29. The van der Waals surface area contributed by atoms with Crippen molar-refractivity contribution in [1.82, 2.24) is 20.4 Å². The number of hydrogen-bond donors (Lipinski definition) is 4. The third-order valence-electron chi connectivity index (χ3n) is 6.57. The highest BCUT2D eigenvalue weighted by Gasteiger charge is 2.39. The number of nitrogens with zero attached hydrogens (tertiary/aromatic N) is 2. The van der Waals surface area contributed by atoms with Gasteiger partial charge in [0.15, 0.2) is 5.69 Å². The molecule has 2 aliphatic heterocycles. The maximum atomic E-state index is 13.0. The number of piperidine rings is 1. The molecule has 0 saturated carbocycles. The second-order valence-electron chi connectivity index (χ2n) is 8.61. The maximum Gasteiger partial charge on any atom is 0.323 e. The normalized spacial score (nSPS) is 22.6. The predicted octanol–water partition coefficient (Wildman–Crippen LogP) is 3.70. The zero-order valence-corrected chi connectivity index (χ0v) is 17.7. The van der Waals surface area contributed by atoms with Crippen LogP contribution in [0.4, 0.5) is 20.6 Å². The summed E-state index contributed by atoms with van der Waals surface area (Å²) >= 11 is 0. The number of anilines is 2. The molecule has 3 aromatic rings. The molecule has 3 atom stereocenters. The third kappa shape index (κ3) is 4.03. The number of H-pyrrole nitrogens is 1. The molecule has 2 fully saturated rings. The van der Waals surface area contributed by atoms with E-state index in [9.17, 15) is 14.0 Å². The van der Waals surface area contributed by atoms with Crippen molar-refractivity contribution < 1.29 is 14.0 Å². The van der Waals surface area contributed by atoms with E-state index >= 15 is 0 Å². The van der Waals surface area contributed by atoms with Crippen LogP contribution in [-0.4, -0.2) is 52.2 Å². The Bertz CT molecular complexity index is 1150. The Morgan fingerprint density at radius 1 is 1.03 bits per heavy atom. The molecule has 4 N–H and O–H groups in total. The van der Waals surface area contributed by atoms with E-state index in [1.807, 2.05) is 0 Å². The first-order valence-corrected chi connectivity index (χ1v) is 10.8. The molecule has 1 unspecified atom stereocenters. The molecule has 166 valence electrons. The van der Waals surface area contributed by atoms with Crippen LogP contribution in [0.5, 0.6) is 0 Å². The number of hydrogen-bond acceptors (Lipinski definition) is 4. The lowest BCUT2D eigenvalue weighted by Crippen LogP contribution is -2.48.